The van der Waals surface area contributed by atoms with Gasteiger partial charge in [0.05, 0.1) is 12.7 Å². The molecule has 2 heterocycles. The number of hydrogen-bond acceptors (Lipinski definition) is 9. The first-order chi connectivity index (χ1) is 16.8. The fourth-order valence-electron chi connectivity index (χ4n) is 3.47. The van der Waals surface area contributed by atoms with E-state index in [9.17, 15) is 24.1 Å². The van der Waals surface area contributed by atoms with E-state index in [0.717, 1.165) is 23.8 Å². The van der Waals surface area contributed by atoms with E-state index in [4.69, 9.17) is 18.5 Å². The van der Waals surface area contributed by atoms with Crippen LogP contribution in [0.3, 0.4) is 0 Å². The Labute approximate surface area is 205 Å². The highest BCUT2D eigenvalue weighted by molar-refractivity contribution is 7.52. The molecule has 6 atom stereocenters. The third-order valence-corrected chi connectivity index (χ3v) is 6.90. The van der Waals surface area contributed by atoms with Crippen LogP contribution in [0.15, 0.2) is 52.2 Å². The summed E-state index contributed by atoms with van der Waals surface area (Å²) in [5, 5.41) is 13.0. The molecule has 1 saturated heterocycles. The van der Waals surface area contributed by atoms with Crippen molar-refractivity contribution in [3.8, 4) is 5.75 Å². The molecule has 0 saturated carbocycles. The quantitative estimate of drug-likeness (QED) is 0.305. The SMILES string of the molecule is CC(C)OC(=O)[C@H](C)NP(=O)(OCC1O[C@@H](n2ccc(=O)[nH]c2=O)[C@](C)(F)[C@@H]1O)Oc1ccccc1. The van der Waals surface area contributed by atoms with Gasteiger partial charge in [0.25, 0.3) is 5.56 Å². The third kappa shape index (κ3) is 6.48. The molecule has 1 aromatic heterocycles. The van der Waals surface area contributed by atoms with E-state index in [0.29, 0.717) is 0 Å². The van der Waals surface area contributed by atoms with Crippen molar-refractivity contribution in [1.82, 2.24) is 14.6 Å². The minimum Gasteiger partial charge on any atom is -0.462 e. The van der Waals surface area contributed by atoms with Crippen LogP contribution in [0.25, 0.3) is 0 Å². The predicted octanol–water partition coefficient (Wildman–Crippen LogP) is 1.66. The van der Waals surface area contributed by atoms with Gasteiger partial charge < -0.3 is 19.1 Å². The molecule has 0 bridgehead atoms. The van der Waals surface area contributed by atoms with E-state index in [1.807, 2.05) is 4.98 Å². The average molecular weight is 529 g/mol. The van der Waals surface area contributed by atoms with E-state index in [-0.39, 0.29) is 5.75 Å². The molecule has 1 aliphatic heterocycles. The number of nitrogens with one attached hydrogen (secondary N) is 2. The number of aliphatic hydroxyl groups excluding tert-OH is 1. The first-order valence-corrected chi connectivity index (χ1v) is 12.7. The molecule has 12 nitrogen and oxygen atoms in total. The van der Waals surface area contributed by atoms with Crippen LogP contribution in [-0.4, -0.2) is 57.3 Å². The molecular formula is C22H29FN3O9P. The molecule has 2 aromatic rings. The molecule has 14 heteroatoms. The lowest BCUT2D eigenvalue weighted by Crippen LogP contribution is -2.43. The van der Waals surface area contributed by atoms with Crippen molar-refractivity contribution in [1.29, 1.82) is 0 Å². The topological polar surface area (TPSA) is 158 Å². The van der Waals surface area contributed by atoms with Crippen molar-refractivity contribution in [3.63, 3.8) is 0 Å². The van der Waals surface area contributed by atoms with Gasteiger partial charge in [-0.1, -0.05) is 18.2 Å². The molecule has 1 aliphatic rings. The van der Waals surface area contributed by atoms with Crippen LogP contribution in [0.4, 0.5) is 4.39 Å². The van der Waals surface area contributed by atoms with E-state index in [1.165, 1.54) is 19.1 Å². The molecule has 2 unspecified atom stereocenters. The van der Waals surface area contributed by atoms with Gasteiger partial charge in [-0.2, -0.15) is 5.09 Å². The number of carbonyl (C=O) groups excluding carboxylic acids is 1. The van der Waals surface area contributed by atoms with Crippen LogP contribution >= 0.6 is 7.75 Å². The summed E-state index contributed by atoms with van der Waals surface area (Å²) >= 11 is 0. The third-order valence-electron chi connectivity index (χ3n) is 5.26. The summed E-state index contributed by atoms with van der Waals surface area (Å²) in [5.74, 6) is -0.560. The van der Waals surface area contributed by atoms with Crippen molar-refractivity contribution in [2.45, 2.75) is 63.9 Å². The molecule has 0 spiro atoms. The van der Waals surface area contributed by atoms with Crippen LogP contribution in [-0.2, 0) is 23.4 Å². The van der Waals surface area contributed by atoms with Crippen LogP contribution in [0.1, 0.15) is 33.9 Å². The van der Waals surface area contributed by atoms with Crippen molar-refractivity contribution in [3.05, 3.63) is 63.4 Å². The molecular weight excluding hydrogens is 500 g/mol. The van der Waals surface area contributed by atoms with Gasteiger partial charge in [-0.05, 0) is 39.8 Å². The van der Waals surface area contributed by atoms with Gasteiger partial charge in [-0.15, -0.1) is 0 Å². The Morgan fingerprint density at radius 3 is 2.56 bits per heavy atom. The number of aromatic amines is 1. The first-order valence-electron chi connectivity index (χ1n) is 11.1. The van der Waals surface area contributed by atoms with Crippen molar-refractivity contribution >= 4 is 13.7 Å². The van der Waals surface area contributed by atoms with Crippen molar-refractivity contribution < 1.29 is 37.4 Å². The number of H-pyrrole nitrogens is 1. The molecule has 1 aromatic carbocycles. The Balaban J connectivity index is 1.80. The van der Waals surface area contributed by atoms with Gasteiger partial charge in [0.2, 0.25) is 0 Å². The molecule has 3 rings (SSSR count). The van der Waals surface area contributed by atoms with E-state index < -0.39 is 67.8 Å². The normalized spacial score (nSPS) is 26.4. The standard InChI is InChI=1S/C22H29FN3O9P/c1-13(2)33-19(29)14(3)25-36(31,35-15-8-6-5-7-9-15)32-12-16-18(28)22(4,23)20(34-16)26-11-10-17(27)24-21(26)30/h5-11,13-14,16,18,20,28H,12H2,1-4H3,(H,25,31)(H,24,27,30)/t14-,16?,18+,20+,22+,36?/m0/s1. The average Bonchev–Trinajstić information content (AvgIpc) is 3.01. The van der Waals surface area contributed by atoms with Crippen LogP contribution in [0, 0.1) is 0 Å². The zero-order valence-corrected chi connectivity index (χ0v) is 21.0. The molecule has 1 fully saturated rings. The van der Waals surface area contributed by atoms with Gasteiger partial charge in [0.15, 0.2) is 11.9 Å². The number of rotatable bonds is 10. The smallest absolute Gasteiger partial charge is 0.459 e. The molecule has 0 amide bonds. The maximum atomic E-state index is 15.4. The number of hydrogen-bond donors (Lipinski definition) is 3. The number of esters is 1. The van der Waals surface area contributed by atoms with E-state index >= 15 is 4.39 Å². The monoisotopic (exact) mass is 529 g/mol. The number of carbonyl (C=O) groups is 1. The second-order valence-electron chi connectivity index (χ2n) is 8.67. The Hall–Kier alpha value is -2.83. The van der Waals surface area contributed by atoms with Gasteiger partial charge in [0.1, 0.15) is 24.0 Å². The number of para-hydroxylation sites is 1. The summed E-state index contributed by atoms with van der Waals surface area (Å²) < 4.78 is 51.4. The summed E-state index contributed by atoms with van der Waals surface area (Å²) in [6, 6.07) is 7.86. The van der Waals surface area contributed by atoms with Crippen LogP contribution in [0.5, 0.6) is 5.75 Å². The second kappa shape index (κ2) is 11.1. The maximum absolute atomic E-state index is 15.4. The minimum atomic E-state index is -4.30. The molecule has 0 aliphatic carbocycles. The number of aromatic nitrogens is 2. The summed E-state index contributed by atoms with van der Waals surface area (Å²) in [6.07, 6.45) is -4.21. The van der Waals surface area contributed by atoms with Gasteiger partial charge in [-0.25, -0.2) is 13.8 Å². The zero-order chi connectivity index (χ0) is 26.7. The Kier molecular flexibility index (Phi) is 8.52. The van der Waals surface area contributed by atoms with Gasteiger partial charge in [-0.3, -0.25) is 23.7 Å². The Morgan fingerprint density at radius 2 is 1.94 bits per heavy atom. The summed E-state index contributed by atoms with van der Waals surface area (Å²) in [6.45, 7) is 5.07. The molecule has 198 valence electrons. The predicted molar refractivity (Wildman–Crippen MR) is 125 cm³/mol. The highest BCUT2D eigenvalue weighted by atomic mass is 31.2. The fourth-order valence-corrected chi connectivity index (χ4v) is 4.97. The summed E-state index contributed by atoms with van der Waals surface area (Å²) in [5.41, 5.74) is -4.12. The van der Waals surface area contributed by atoms with Gasteiger partial charge in [0, 0.05) is 12.3 Å². The zero-order valence-electron chi connectivity index (χ0n) is 20.1. The van der Waals surface area contributed by atoms with E-state index in [1.54, 1.807) is 32.0 Å². The maximum Gasteiger partial charge on any atom is 0.459 e. The molecule has 3 N–H and O–H groups in total. The number of halogens is 1. The largest absolute Gasteiger partial charge is 0.462 e. The number of aliphatic hydroxyl groups is 1. The van der Waals surface area contributed by atoms with Crippen LogP contribution in [0.2, 0.25) is 0 Å². The summed E-state index contributed by atoms with van der Waals surface area (Å²) in [7, 11) is -4.30. The summed E-state index contributed by atoms with van der Waals surface area (Å²) in [4.78, 5) is 37.7. The Morgan fingerprint density at radius 1 is 1.28 bits per heavy atom. The number of alkyl halides is 1. The number of benzene rings is 1. The fraction of sp³-hybridized carbons (Fsp3) is 0.500. The molecule has 0 radical (unpaired) electrons. The second-order valence-corrected chi connectivity index (χ2v) is 10.4. The van der Waals surface area contributed by atoms with Crippen LogP contribution < -0.4 is 20.9 Å². The molecule has 36 heavy (non-hydrogen) atoms. The number of ether oxygens (including phenoxy) is 2. The van der Waals surface area contributed by atoms with Gasteiger partial charge >= 0.3 is 19.4 Å². The number of nitrogens with zero attached hydrogens (tertiary/aromatic N) is 1. The highest BCUT2D eigenvalue weighted by Crippen LogP contribution is 2.47. The first kappa shape index (κ1) is 27.8. The highest BCUT2D eigenvalue weighted by Gasteiger charge is 2.55. The van der Waals surface area contributed by atoms with Crippen molar-refractivity contribution in [2.24, 2.45) is 0 Å². The lowest BCUT2D eigenvalue weighted by atomic mass is 9.98. The Bertz CT molecular complexity index is 1220. The lowest BCUT2D eigenvalue weighted by Gasteiger charge is -2.25. The van der Waals surface area contributed by atoms with E-state index in [2.05, 4.69) is 5.09 Å². The lowest BCUT2D eigenvalue weighted by molar-refractivity contribution is -0.149. The minimum absolute atomic E-state index is 0.152. The van der Waals surface area contributed by atoms with Crippen molar-refractivity contribution in [2.75, 3.05) is 6.61 Å².